The molecule has 3 rings (SSSR count). The number of aromatic nitrogens is 3. The Morgan fingerprint density at radius 1 is 1.18 bits per heavy atom. The Bertz CT molecular complexity index is 786. The number of pyridine rings is 1. The first kappa shape index (κ1) is 14.7. The molecule has 3 aromatic rings. The molecule has 2 heterocycles. The lowest BCUT2D eigenvalue weighted by Gasteiger charge is -2.10. The summed E-state index contributed by atoms with van der Waals surface area (Å²) in [6.45, 7) is 0.408. The number of hydrogen-bond donors (Lipinski definition) is 1. The van der Waals surface area contributed by atoms with Crippen molar-refractivity contribution in [2.24, 2.45) is 0 Å². The molecule has 0 aliphatic heterocycles. The van der Waals surface area contributed by atoms with E-state index in [1.54, 1.807) is 18.7 Å². The summed E-state index contributed by atoms with van der Waals surface area (Å²) in [5.41, 5.74) is 1.61. The number of imidazole rings is 1. The van der Waals surface area contributed by atoms with Crippen molar-refractivity contribution in [3.63, 3.8) is 0 Å². The lowest BCUT2D eigenvalue weighted by molar-refractivity contribution is 0.0950. The Hall–Kier alpha value is -2.22. The third-order valence-corrected chi connectivity index (χ3v) is 4.12. The Morgan fingerprint density at radius 2 is 2.05 bits per heavy atom. The van der Waals surface area contributed by atoms with Crippen molar-refractivity contribution in [3.8, 4) is 5.82 Å². The van der Waals surface area contributed by atoms with Gasteiger partial charge in [0.05, 0.1) is 5.56 Å². The van der Waals surface area contributed by atoms with E-state index in [9.17, 15) is 4.79 Å². The summed E-state index contributed by atoms with van der Waals surface area (Å²) in [6, 6.07) is 11.3. The topological polar surface area (TPSA) is 59.8 Å². The Labute approximate surface area is 141 Å². The molecule has 5 nitrogen and oxygen atoms in total. The third kappa shape index (κ3) is 3.16. The van der Waals surface area contributed by atoms with Crippen LogP contribution in [-0.2, 0) is 6.54 Å². The van der Waals surface area contributed by atoms with Crippen molar-refractivity contribution in [3.05, 3.63) is 76.0 Å². The minimum Gasteiger partial charge on any atom is -0.348 e. The molecule has 0 fully saturated rings. The second-order valence-corrected chi connectivity index (χ2v) is 5.78. The monoisotopic (exact) mass is 404 g/mol. The number of halogens is 1. The molecule has 0 unspecified atom stereocenters. The van der Waals surface area contributed by atoms with Gasteiger partial charge in [0, 0.05) is 34.3 Å². The van der Waals surface area contributed by atoms with Gasteiger partial charge in [0.1, 0.15) is 12.1 Å². The van der Waals surface area contributed by atoms with E-state index in [1.807, 2.05) is 47.2 Å². The maximum Gasteiger partial charge on any atom is 0.252 e. The highest BCUT2D eigenvalue weighted by Crippen LogP contribution is 2.13. The molecule has 0 spiro atoms. The maximum absolute atomic E-state index is 12.3. The summed E-state index contributed by atoms with van der Waals surface area (Å²) < 4.78 is 2.76. The molecule has 6 heteroatoms. The average molecular weight is 404 g/mol. The summed E-state index contributed by atoms with van der Waals surface area (Å²) in [6.07, 6.45) is 6.94. The van der Waals surface area contributed by atoms with Gasteiger partial charge in [-0.15, -0.1) is 0 Å². The summed E-state index contributed by atoms with van der Waals surface area (Å²) >= 11 is 2.16. The number of carbonyl (C=O) groups excluding carboxylic acids is 1. The average Bonchev–Trinajstić information content (AvgIpc) is 3.07. The molecule has 110 valence electrons. The fraction of sp³-hybridized carbons (Fsp3) is 0.0625. The molecular formula is C16H13IN4O. The highest BCUT2D eigenvalue weighted by atomic mass is 127. The summed E-state index contributed by atoms with van der Waals surface area (Å²) in [4.78, 5) is 20.7. The van der Waals surface area contributed by atoms with Crippen LogP contribution in [0.25, 0.3) is 5.82 Å². The summed E-state index contributed by atoms with van der Waals surface area (Å²) in [5.74, 6) is 0.675. The normalized spacial score (nSPS) is 10.4. The zero-order valence-electron chi connectivity index (χ0n) is 11.6. The lowest BCUT2D eigenvalue weighted by Crippen LogP contribution is -2.24. The zero-order valence-corrected chi connectivity index (χ0v) is 13.8. The van der Waals surface area contributed by atoms with Crippen LogP contribution in [0.3, 0.4) is 0 Å². The molecule has 0 saturated heterocycles. The van der Waals surface area contributed by atoms with Crippen molar-refractivity contribution in [1.29, 1.82) is 0 Å². The van der Waals surface area contributed by atoms with Gasteiger partial charge >= 0.3 is 0 Å². The van der Waals surface area contributed by atoms with E-state index < -0.39 is 0 Å². The highest BCUT2D eigenvalue weighted by molar-refractivity contribution is 14.1. The molecule has 0 bridgehead atoms. The van der Waals surface area contributed by atoms with Crippen LogP contribution in [0.5, 0.6) is 0 Å². The number of nitrogens with one attached hydrogen (secondary N) is 1. The molecule has 1 aromatic carbocycles. The Kier molecular flexibility index (Phi) is 4.47. The van der Waals surface area contributed by atoms with Gasteiger partial charge in [0.25, 0.3) is 5.91 Å². The molecule has 0 aliphatic rings. The standard InChI is InChI=1S/C16H13IN4O/c17-14-6-2-1-5-13(14)16(22)20-10-12-4-3-7-19-15(12)21-9-8-18-11-21/h1-9,11H,10H2,(H,20,22). The smallest absolute Gasteiger partial charge is 0.252 e. The molecule has 0 saturated carbocycles. The van der Waals surface area contributed by atoms with E-state index in [-0.39, 0.29) is 5.91 Å². The molecule has 1 N–H and O–H groups in total. The van der Waals surface area contributed by atoms with Gasteiger partial charge in [-0.2, -0.15) is 0 Å². The van der Waals surface area contributed by atoms with Crippen molar-refractivity contribution in [2.45, 2.75) is 6.54 Å². The molecular weight excluding hydrogens is 391 g/mol. The number of hydrogen-bond acceptors (Lipinski definition) is 3. The predicted octanol–water partition coefficient (Wildman–Crippen LogP) is 2.80. The van der Waals surface area contributed by atoms with Crippen molar-refractivity contribution < 1.29 is 4.79 Å². The number of nitrogens with zero attached hydrogens (tertiary/aromatic N) is 3. The van der Waals surface area contributed by atoms with Crippen LogP contribution in [0.15, 0.2) is 61.3 Å². The van der Waals surface area contributed by atoms with Crippen LogP contribution in [-0.4, -0.2) is 20.4 Å². The van der Waals surface area contributed by atoms with E-state index in [1.165, 1.54) is 0 Å². The van der Waals surface area contributed by atoms with E-state index in [0.29, 0.717) is 12.1 Å². The summed E-state index contributed by atoms with van der Waals surface area (Å²) in [5, 5.41) is 2.94. The molecule has 22 heavy (non-hydrogen) atoms. The van der Waals surface area contributed by atoms with Gasteiger partial charge in [-0.05, 0) is 40.8 Å². The summed E-state index contributed by atoms with van der Waals surface area (Å²) in [7, 11) is 0. The van der Waals surface area contributed by atoms with Crippen molar-refractivity contribution in [2.75, 3.05) is 0 Å². The number of benzene rings is 1. The van der Waals surface area contributed by atoms with Crippen LogP contribution >= 0.6 is 22.6 Å². The first-order chi connectivity index (χ1) is 10.8. The van der Waals surface area contributed by atoms with E-state index in [2.05, 4.69) is 37.9 Å². The predicted molar refractivity (Wildman–Crippen MR) is 91.7 cm³/mol. The van der Waals surface area contributed by atoms with E-state index >= 15 is 0 Å². The second kappa shape index (κ2) is 6.69. The van der Waals surface area contributed by atoms with Crippen LogP contribution in [0, 0.1) is 3.57 Å². The first-order valence-corrected chi connectivity index (χ1v) is 7.78. The van der Waals surface area contributed by atoms with Gasteiger partial charge in [-0.3, -0.25) is 9.36 Å². The molecule has 0 atom stereocenters. The van der Waals surface area contributed by atoms with Crippen LogP contribution in [0.4, 0.5) is 0 Å². The largest absolute Gasteiger partial charge is 0.348 e. The van der Waals surface area contributed by atoms with Gasteiger partial charge in [-0.25, -0.2) is 9.97 Å². The Morgan fingerprint density at radius 3 is 2.82 bits per heavy atom. The van der Waals surface area contributed by atoms with Crippen LogP contribution < -0.4 is 5.32 Å². The second-order valence-electron chi connectivity index (χ2n) is 4.62. The van der Waals surface area contributed by atoms with Crippen LogP contribution in [0.2, 0.25) is 0 Å². The Balaban J connectivity index is 1.78. The SMILES string of the molecule is O=C(NCc1cccnc1-n1ccnc1)c1ccccc1I. The fourth-order valence-corrected chi connectivity index (χ4v) is 2.73. The number of carbonyl (C=O) groups is 1. The van der Waals surface area contributed by atoms with Crippen LogP contribution in [0.1, 0.15) is 15.9 Å². The number of rotatable bonds is 4. The quantitative estimate of drug-likeness (QED) is 0.681. The minimum absolute atomic E-state index is 0.0922. The van der Waals surface area contributed by atoms with Gasteiger partial charge in [-0.1, -0.05) is 18.2 Å². The highest BCUT2D eigenvalue weighted by Gasteiger charge is 2.11. The minimum atomic E-state index is -0.0922. The lowest BCUT2D eigenvalue weighted by atomic mass is 10.2. The van der Waals surface area contributed by atoms with Crippen molar-refractivity contribution in [1.82, 2.24) is 19.9 Å². The molecule has 0 aliphatic carbocycles. The van der Waals surface area contributed by atoms with Gasteiger partial charge < -0.3 is 5.32 Å². The van der Waals surface area contributed by atoms with E-state index in [0.717, 1.165) is 15.0 Å². The first-order valence-electron chi connectivity index (χ1n) is 6.70. The molecule has 2 aromatic heterocycles. The fourth-order valence-electron chi connectivity index (χ4n) is 2.10. The maximum atomic E-state index is 12.3. The third-order valence-electron chi connectivity index (χ3n) is 3.17. The van der Waals surface area contributed by atoms with E-state index in [4.69, 9.17) is 0 Å². The van der Waals surface area contributed by atoms with Gasteiger partial charge in [0.15, 0.2) is 0 Å². The van der Waals surface area contributed by atoms with Crippen molar-refractivity contribution >= 4 is 28.5 Å². The number of amides is 1. The van der Waals surface area contributed by atoms with Gasteiger partial charge in [0.2, 0.25) is 0 Å². The zero-order chi connectivity index (χ0) is 15.4. The molecule has 0 radical (unpaired) electrons. The molecule has 1 amide bonds.